The van der Waals surface area contributed by atoms with E-state index in [4.69, 9.17) is 28.9 Å². The van der Waals surface area contributed by atoms with Crippen molar-refractivity contribution < 1.29 is 38.1 Å². The molecule has 4 aliphatic rings. The fourth-order valence-electron chi connectivity index (χ4n) is 9.08. The topological polar surface area (TPSA) is 193 Å². The number of carbonyl (C=O) groups is 4. The largest absolute Gasteiger partial charge is 0.488 e. The number of alkyl carbamates (subject to hydrolysis) is 2. The molecule has 61 heavy (non-hydrogen) atoms. The molecule has 0 bridgehead atoms. The van der Waals surface area contributed by atoms with Crippen LogP contribution in [0.25, 0.3) is 33.6 Å². The maximum atomic E-state index is 14.0. The fourth-order valence-corrected chi connectivity index (χ4v) is 9.08. The van der Waals surface area contributed by atoms with E-state index in [1.165, 1.54) is 14.2 Å². The third-order valence-electron chi connectivity index (χ3n) is 12.1. The Balaban J connectivity index is 0.941. The van der Waals surface area contributed by atoms with Gasteiger partial charge in [-0.25, -0.2) is 19.6 Å². The monoisotopic (exact) mass is 828 g/mol. The van der Waals surface area contributed by atoms with Crippen LogP contribution in [0, 0.1) is 5.92 Å². The number of hydrogen-bond donors (Lipinski definition) is 4. The van der Waals surface area contributed by atoms with Crippen molar-refractivity contribution in [2.24, 2.45) is 5.92 Å². The van der Waals surface area contributed by atoms with Gasteiger partial charge in [0.2, 0.25) is 5.91 Å². The standard InChI is InChI=1S/C45H48N8O8/c1-24(2)38(50-44(56)58-3)42(54)52-14-8-12-32(52)40-46-20-30(48-40)26-16-28-22-61-35-19-27(17-29-23-60-34(18-26)36(28)37(29)35)31-21-47-41(49-31)33-13-9-15-53(33)43(55)39(51-45(57)59-4)25-10-6-5-7-11-25/h5-7,10-11,16-21,24,32-33,38-39H,8-9,12-15,22-23H2,1-4H3,(H,46,48)(H,47,49)(H,50,56)(H,51,57)/t32-,33-,38-,39+/m0/s1. The molecule has 2 fully saturated rings. The smallest absolute Gasteiger partial charge is 0.407 e. The van der Waals surface area contributed by atoms with Crippen molar-refractivity contribution in [3.05, 3.63) is 95.3 Å². The molecule has 9 rings (SSSR count). The van der Waals surface area contributed by atoms with Gasteiger partial charge in [0.25, 0.3) is 5.91 Å². The maximum absolute atomic E-state index is 14.0. The second-order valence-corrected chi connectivity index (χ2v) is 16.2. The average molecular weight is 829 g/mol. The zero-order valence-electron chi connectivity index (χ0n) is 34.4. The highest BCUT2D eigenvalue weighted by Crippen LogP contribution is 2.51. The molecule has 4 amide bonds. The number of hydrogen-bond acceptors (Lipinski definition) is 10. The zero-order valence-corrected chi connectivity index (χ0v) is 34.4. The minimum absolute atomic E-state index is 0.129. The van der Waals surface area contributed by atoms with Crippen molar-refractivity contribution in [3.63, 3.8) is 0 Å². The first-order valence-electron chi connectivity index (χ1n) is 20.7. The third kappa shape index (κ3) is 7.40. The highest BCUT2D eigenvalue weighted by atomic mass is 16.5. The van der Waals surface area contributed by atoms with E-state index in [1.807, 2.05) is 56.3 Å². The summed E-state index contributed by atoms with van der Waals surface area (Å²) in [6.07, 6.45) is 5.34. The molecule has 4 N–H and O–H groups in total. The first kappa shape index (κ1) is 39.6. The van der Waals surface area contributed by atoms with Crippen LogP contribution in [0.15, 0.2) is 67.0 Å². The maximum Gasteiger partial charge on any atom is 0.407 e. The molecule has 4 aliphatic heterocycles. The lowest BCUT2D eigenvalue weighted by Gasteiger charge is -2.30. The molecule has 0 unspecified atom stereocenters. The Kier molecular flexibility index (Phi) is 10.6. The number of aromatic amines is 2. The van der Waals surface area contributed by atoms with Crippen LogP contribution in [0.5, 0.6) is 11.5 Å². The predicted molar refractivity (Wildman–Crippen MR) is 222 cm³/mol. The first-order chi connectivity index (χ1) is 29.6. The van der Waals surface area contributed by atoms with E-state index in [2.05, 4.69) is 32.7 Å². The van der Waals surface area contributed by atoms with Crippen LogP contribution in [0.4, 0.5) is 9.59 Å². The molecular formula is C45H48N8O8. The number of ether oxygens (including phenoxy) is 4. The normalized spacial score (nSPS) is 18.4. The zero-order chi connectivity index (χ0) is 42.4. The molecule has 16 heteroatoms. The minimum Gasteiger partial charge on any atom is -0.488 e. The van der Waals surface area contributed by atoms with Crippen LogP contribution in [0.1, 0.15) is 86.0 Å². The van der Waals surface area contributed by atoms with Crippen molar-refractivity contribution in [3.8, 4) is 45.1 Å². The Morgan fingerprint density at radius 2 is 1.23 bits per heavy atom. The van der Waals surface area contributed by atoms with Gasteiger partial charge < -0.3 is 49.3 Å². The second kappa shape index (κ2) is 16.3. The van der Waals surface area contributed by atoms with E-state index in [0.29, 0.717) is 43.5 Å². The van der Waals surface area contributed by atoms with Gasteiger partial charge in [0.05, 0.1) is 50.1 Å². The number of carbonyl (C=O) groups excluding carboxylic acids is 4. The Bertz CT molecular complexity index is 2450. The van der Waals surface area contributed by atoms with Crippen LogP contribution in [0.2, 0.25) is 0 Å². The molecule has 2 saturated heterocycles. The fraction of sp³-hybridized carbons (Fsp3) is 0.378. The molecule has 316 valence electrons. The van der Waals surface area contributed by atoms with Gasteiger partial charge in [-0.05, 0) is 61.4 Å². The van der Waals surface area contributed by atoms with Crippen molar-refractivity contribution in [2.75, 3.05) is 27.3 Å². The Morgan fingerprint density at radius 3 is 1.74 bits per heavy atom. The number of likely N-dealkylation sites (tertiary alicyclic amines) is 2. The number of rotatable bonds is 10. The Morgan fingerprint density at radius 1 is 0.721 bits per heavy atom. The van der Waals surface area contributed by atoms with Crippen molar-refractivity contribution in [1.29, 1.82) is 0 Å². The van der Waals surface area contributed by atoms with Gasteiger partial charge in [-0.3, -0.25) is 9.59 Å². The summed E-state index contributed by atoms with van der Waals surface area (Å²) in [6, 6.07) is 15.2. The molecule has 0 spiro atoms. The highest BCUT2D eigenvalue weighted by molar-refractivity contribution is 5.90. The molecular weight excluding hydrogens is 781 g/mol. The summed E-state index contributed by atoms with van der Waals surface area (Å²) in [4.78, 5) is 72.1. The number of methoxy groups -OCH3 is 2. The molecule has 0 saturated carbocycles. The number of imidazole rings is 2. The van der Waals surface area contributed by atoms with E-state index >= 15 is 0 Å². The van der Waals surface area contributed by atoms with Gasteiger partial charge >= 0.3 is 12.2 Å². The van der Waals surface area contributed by atoms with Crippen molar-refractivity contribution in [1.82, 2.24) is 40.4 Å². The van der Waals surface area contributed by atoms with E-state index in [1.54, 1.807) is 22.2 Å². The van der Waals surface area contributed by atoms with Gasteiger partial charge in [-0.1, -0.05) is 44.2 Å². The third-order valence-corrected chi connectivity index (χ3v) is 12.1. The summed E-state index contributed by atoms with van der Waals surface area (Å²) in [5.74, 6) is 2.34. The summed E-state index contributed by atoms with van der Waals surface area (Å²) < 4.78 is 22.5. The molecule has 6 heterocycles. The van der Waals surface area contributed by atoms with Crippen LogP contribution >= 0.6 is 0 Å². The second-order valence-electron chi connectivity index (χ2n) is 16.2. The summed E-state index contributed by atoms with van der Waals surface area (Å²) in [5.41, 5.74) is 8.00. The van der Waals surface area contributed by atoms with Crippen LogP contribution in [-0.2, 0) is 32.3 Å². The van der Waals surface area contributed by atoms with Gasteiger partial charge in [0.15, 0.2) is 0 Å². The Labute approximate surface area is 352 Å². The van der Waals surface area contributed by atoms with Crippen LogP contribution in [0.3, 0.4) is 0 Å². The summed E-state index contributed by atoms with van der Waals surface area (Å²) in [6.45, 7) is 5.55. The predicted octanol–water partition coefficient (Wildman–Crippen LogP) is 6.72. The van der Waals surface area contributed by atoms with E-state index in [-0.39, 0.29) is 29.8 Å². The lowest BCUT2D eigenvalue weighted by molar-refractivity contribution is -0.135. The van der Waals surface area contributed by atoms with Gasteiger partial charge in [-0.2, -0.15) is 0 Å². The number of nitrogens with zero attached hydrogens (tertiary/aromatic N) is 4. The molecule has 0 radical (unpaired) electrons. The first-order valence-corrected chi connectivity index (χ1v) is 20.7. The summed E-state index contributed by atoms with van der Waals surface area (Å²) in [7, 11) is 2.56. The molecule has 5 aromatic rings. The Hall–Kier alpha value is -6.84. The van der Waals surface area contributed by atoms with Gasteiger partial charge in [-0.15, -0.1) is 0 Å². The quantitative estimate of drug-likeness (QED) is 0.117. The molecule has 2 aromatic heterocycles. The minimum atomic E-state index is -0.905. The summed E-state index contributed by atoms with van der Waals surface area (Å²) >= 11 is 0. The molecule has 0 aliphatic carbocycles. The number of H-pyrrole nitrogens is 2. The van der Waals surface area contributed by atoms with Gasteiger partial charge in [0, 0.05) is 46.5 Å². The van der Waals surface area contributed by atoms with E-state index in [9.17, 15) is 19.2 Å². The van der Waals surface area contributed by atoms with Crippen LogP contribution < -0.4 is 20.1 Å². The molecule has 4 atom stereocenters. The summed E-state index contributed by atoms with van der Waals surface area (Å²) in [5, 5.41) is 5.42. The van der Waals surface area contributed by atoms with E-state index < -0.39 is 24.3 Å². The average Bonchev–Trinajstić information content (AvgIpc) is 4.13. The van der Waals surface area contributed by atoms with Gasteiger partial charge in [0.1, 0.15) is 48.4 Å². The van der Waals surface area contributed by atoms with Crippen molar-refractivity contribution >= 4 is 24.0 Å². The SMILES string of the molecule is COC(=O)N[C@H](C(=O)N1CCC[C@H]1c1ncc(-c2cc3c4c(c2)OCc2cc(-c5cnc([C@@H]6CCCN6C(=O)[C@H](NC(=O)OC)c6ccccc6)[nH]5)cc(c2-4)OC3)[nH]1)C(C)C. The molecule has 3 aromatic carbocycles. The number of nitrogens with one attached hydrogen (secondary N) is 4. The van der Waals surface area contributed by atoms with Crippen LogP contribution in [-0.4, -0.2) is 87.1 Å². The lowest BCUT2D eigenvalue weighted by Crippen LogP contribution is -2.51. The number of benzene rings is 3. The lowest BCUT2D eigenvalue weighted by atomic mass is 9.87. The van der Waals surface area contributed by atoms with E-state index in [0.717, 1.165) is 82.0 Å². The van der Waals surface area contributed by atoms with Crippen molar-refractivity contribution in [2.45, 2.75) is 76.9 Å². The highest BCUT2D eigenvalue weighted by Gasteiger charge is 2.39. The molecule has 16 nitrogen and oxygen atoms in total. The number of amides is 4. The number of aromatic nitrogens is 4.